The molecule has 0 saturated heterocycles. The Bertz CT molecular complexity index is 570. The van der Waals surface area contributed by atoms with Crippen LogP contribution in [0.4, 0.5) is 0 Å². The summed E-state index contributed by atoms with van der Waals surface area (Å²) in [5.41, 5.74) is 2.88. The number of rotatable bonds is 1. The molecular formula is C12H15N2O+. The predicted molar refractivity (Wildman–Crippen MR) is 59.9 cm³/mol. The highest BCUT2D eigenvalue weighted by Gasteiger charge is 2.12. The van der Waals surface area contributed by atoms with E-state index < -0.39 is 0 Å². The Hall–Kier alpha value is -1.64. The van der Waals surface area contributed by atoms with E-state index in [2.05, 4.69) is 16.5 Å². The number of pyridine rings is 2. The topological polar surface area (TPSA) is 36.1 Å². The summed E-state index contributed by atoms with van der Waals surface area (Å²) in [7, 11) is 0. The highest BCUT2D eigenvalue weighted by atomic mass is 16.1. The van der Waals surface area contributed by atoms with Gasteiger partial charge < -0.3 is 0 Å². The van der Waals surface area contributed by atoms with E-state index in [1.807, 2.05) is 32.2 Å². The van der Waals surface area contributed by atoms with Gasteiger partial charge in [-0.2, -0.15) is 0 Å². The summed E-state index contributed by atoms with van der Waals surface area (Å²) in [6.07, 6.45) is 1.90. The largest absolute Gasteiger partial charge is 0.290 e. The first-order chi connectivity index (χ1) is 7.13. The molecule has 0 amide bonds. The van der Waals surface area contributed by atoms with Crippen molar-refractivity contribution in [1.29, 1.82) is 0 Å². The number of aryl methyl sites for hydroxylation is 3. The van der Waals surface area contributed by atoms with Crippen molar-refractivity contribution in [3.8, 4) is 0 Å². The number of H-pyrrole nitrogens is 1. The SMILES string of the molecule is CCn1cc(C)c(=O)c2ccc(C)[nH+]c21. The Balaban J connectivity index is 2.96. The summed E-state index contributed by atoms with van der Waals surface area (Å²) in [5.74, 6) is 0. The third-order valence-electron chi connectivity index (χ3n) is 2.65. The minimum atomic E-state index is 0.117. The van der Waals surface area contributed by atoms with Gasteiger partial charge in [0.2, 0.25) is 5.43 Å². The second-order valence-electron chi connectivity index (χ2n) is 3.83. The van der Waals surface area contributed by atoms with Crippen LogP contribution in [0.3, 0.4) is 0 Å². The maximum atomic E-state index is 11.9. The van der Waals surface area contributed by atoms with Gasteiger partial charge in [0.05, 0.1) is 18.4 Å². The molecule has 1 N–H and O–H groups in total. The van der Waals surface area contributed by atoms with Crippen LogP contribution in [0.5, 0.6) is 0 Å². The Morgan fingerprint density at radius 1 is 1.33 bits per heavy atom. The van der Waals surface area contributed by atoms with Crippen LogP contribution in [-0.4, -0.2) is 4.57 Å². The zero-order valence-electron chi connectivity index (χ0n) is 9.29. The molecule has 15 heavy (non-hydrogen) atoms. The second-order valence-corrected chi connectivity index (χ2v) is 3.83. The summed E-state index contributed by atoms with van der Waals surface area (Å²) < 4.78 is 2.07. The monoisotopic (exact) mass is 203 g/mol. The van der Waals surface area contributed by atoms with E-state index >= 15 is 0 Å². The fraction of sp³-hybridized carbons (Fsp3) is 0.333. The predicted octanol–water partition coefficient (Wildman–Crippen LogP) is 1.45. The lowest BCUT2D eigenvalue weighted by Crippen LogP contribution is -2.21. The molecule has 2 aromatic heterocycles. The van der Waals surface area contributed by atoms with Crippen molar-refractivity contribution in [3.63, 3.8) is 0 Å². The standard InChI is InChI=1S/C12H14N2O/c1-4-14-7-8(2)11(15)10-6-5-9(3)13-12(10)14/h5-7H,4H2,1-3H3/p+1. The first kappa shape index (κ1) is 9.90. The highest BCUT2D eigenvalue weighted by molar-refractivity contribution is 5.72. The molecule has 0 aromatic carbocycles. The number of nitrogens with one attached hydrogen (secondary N) is 1. The number of aromatic amines is 1. The molecule has 0 radical (unpaired) electrons. The normalized spacial score (nSPS) is 10.9. The number of hydrogen-bond acceptors (Lipinski definition) is 1. The molecule has 2 heterocycles. The summed E-state index contributed by atoms with van der Waals surface area (Å²) in [6.45, 7) is 6.77. The summed E-state index contributed by atoms with van der Waals surface area (Å²) in [6, 6.07) is 3.83. The molecular weight excluding hydrogens is 188 g/mol. The van der Waals surface area contributed by atoms with Crippen LogP contribution in [0.2, 0.25) is 0 Å². The van der Waals surface area contributed by atoms with Crippen molar-refractivity contribution in [1.82, 2.24) is 4.57 Å². The van der Waals surface area contributed by atoms with Gasteiger partial charge in [0, 0.05) is 5.56 Å². The lowest BCUT2D eigenvalue weighted by atomic mass is 10.2. The van der Waals surface area contributed by atoms with E-state index in [1.54, 1.807) is 0 Å². The lowest BCUT2D eigenvalue weighted by molar-refractivity contribution is -0.359. The molecule has 0 saturated carbocycles. The van der Waals surface area contributed by atoms with Gasteiger partial charge in [-0.15, -0.1) is 0 Å². The zero-order chi connectivity index (χ0) is 11.0. The van der Waals surface area contributed by atoms with E-state index in [-0.39, 0.29) is 5.43 Å². The second kappa shape index (κ2) is 3.50. The minimum Gasteiger partial charge on any atom is -0.289 e. The van der Waals surface area contributed by atoms with Crippen molar-refractivity contribution in [2.24, 2.45) is 0 Å². The van der Waals surface area contributed by atoms with Crippen LogP contribution in [0, 0.1) is 13.8 Å². The summed E-state index contributed by atoms with van der Waals surface area (Å²) in [4.78, 5) is 15.1. The first-order valence-corrected chi connectivity index (χ1v) is 5.16. The third kappa shape index (κ3) is 1.54. The number of fused-ring (bicyclic) bond motifs is 1. The number of nitrogens with zero attached hydrogens (tertiary/aromatic N) is 1. The zero-order valence-corrected chi connectivity index (χ0v) is 9.29. The van der Waals surface area contributed by atoms with Gasteiger partial charge in [0.15, 0.2) is 0 Å². The van der Waals surface area contributed by atoms with Crippen LogP contribution in [0.15, 0.2) is 23.1 Å². The van der Waals surface area contributed by atoms with Crippen molar-refractivity contribution in [2.75, 3.05) is 0 Å². The molecule has 0 aliphatic rings. The highest BCUT2D eigenvalue weighted by Crippen LogP contribution is 2.06. The average Bonchev–Trinajstić information content (AvgIpc) is 2.23. The van der Waals surface area contributed by atoms with Gasteiger partial charge >= 0.3 is 0 Å². The molecule has 0 fully saturated rings. The molecule has 0 aliphatic carbocycles. The number of hydrogen-bond donors (Lipinski definition) is 0. The van der Waals surface area contributed by atoms with Gasteiger partial charge in [-0.05, 0) is 32.9 Å². The minimum absolute atomic E-state index is 0.117. The Kier molecular flexibility index (Phi) is 2.31. The van der Waals surface area contributed by atoms with E-state index in [9.17, 15) is 4.79 Å². The van der Waals surface area contributed by atoms with Crippen molar-refractivity contribution in [2.45, 2.75) is 27.3 Å². The van der Waals surface area contributed by atoms with Crippen LogP contribution < -0.4 is 10.4 Å². The molecule has 0 bridgehead atoms. The average molecular weight is 203 g/mol. The van der Waals surface area contributed by atoms with Gasteiger partial charge in [-0.1, -0.05) is 0 Å². The van der Waals surface area contributed by atoms with Gasteiger partial charge in [-0.3, -0.25) is 4.79 Å². The van der Waals surface area contributed by atoms with Crippen LogP contribution in [-0.2, 0) is 6.54 Å². The van der Waals surface area contributed by atoms with E-state index in [4.69, 9.17) is 0 Å². The summed E-state index contributed by atoms with van der Waals surface area (Å²) >= 11 is 0. The smallest absolute Gasteiger partial charge is 0.289 e. The molecule has 0 unspecified atom stereocenters. The molecule has 0 spiro atoms. The molecule has 2 rings (SSSR count). The molecule has 3 nitrogen and oxygen atoms in total. The van der Waals surface area contributed by atoms with E-state index in [0.29, 0.717) is 0 Å². The fourth-order valence-corrected chi connectivity index (χ4v) is 1.81. The Morgan fingerprint density at radius 3 is 2.73 bits per heavy atom. The first-order valence-electron chi connectivity index (χ1n) is 5.16. The lowest BCUT2D eigenvalue weighted by Gasteiger charge is -2.02. The van der Waals surface area contributed by atoms with E-state index in [0.717, 1.165) is 28.8 Å². The van der Waals surface area contributed by atoms with Crippen molar-refractivity contribution in [3.05, 3.63) is 39.8 Å². The van der Waals surface area contributed by atoms with Crippen LogP contribution in [0.1, 0.15) is 18.2 Å². The van der Waals surface area contributed by atoms with Crippen molar-refractivity contribution >= 4 is 11.0 Å². The van der Waals surface area contributed by atoms with Crippen LogP contribution in [0.25, 0.3) is 11.0 Å². The molecule has 78 valence electrons. The maximum absolute atomic E-state index is 11.9. The van der Waals surface area contributed by atoms with Gasteiger partial charge in [0.25, 0.3) is 5.65 Å². The molecule has 0 atom stereocenters. The van der Waals surface area contributed by atoms with Gasteiger partial charge in [0.1, 0.15) is 5.39 Å². The maximum Gasteiger partial charge on any atom is 0.290 e. The number of aromatic nitrogens is 2. The molecule has 3 heteroatoms. The summed E-state index contributed by atoms with van der Waals surface area (Å²) in [5, 5.41) is 0.766. The van der Waals surface area contributed by atoms with Crippen molar-refractivity contribution < 1.29 is 4.98 Å². The van der Waals surface area contributed by atoms with Gasteiger partial charge in [-0.25, -0.2) is 9.55 Å². The Labute approximate surface area is 88.4 Å². The fourth-order valence-electron chi connectivity index (χ4n) is 1.81. The Morgan fingerprint density at radius 2 is 2.07 bits per heavy atom. The quantitative estimate of drug-likeness (QED) is 0.691. The third-order valence-corrected chi connectivity index (χ3v) is 2.65. The molecule has 0 aliphatic heterocycles. The van der Waals surface area contributed by atoms with Crippen LogP contribution >= 0.6 is 0 Å². The molecule has 2 aromatic rings. The van der Waals surface area contributed by atoms with E-state index in [1.165, 1.54) is 0 Å².